The minimum absolute atomic E-state index is 0.0576. The van der Waals surface area contributed by atoms with Crippen molar-refractivity contribution in [3.8, 4) is 23.0 Å². The van der Waals surface area contributed by atoms with E-state index in [1.54, 1.807) is 0 Å². The first-order chi connectivity index (χ1) is 15.0. The molecule has 0 bridgehead atoms. The molecule has 1 N–H and O–H groups in total. The van der Waals surface area contributed by atoms with Crippen molar-refractivity contribution in [3.05, 3.63) is 64.3 Å². The SMILES string of the molecule is C=CS(=O)(=O)Nc1ccc(-c2noc(-c3cn4cc(C(F)(F)F)cc(Cl)c4n3)n2)c(Cl)c1. The Morgan fingerprint density at radius 1 is 1.12 bits per heavy atom. The predicted octanol–water partition coefficient (Wildman–Crippen LogP) is 5.26. The van der Waals surface area contributed by atoms with Crippen LogP contribution < -0.4 is 4.72 Å². The number of hydrogen-bond donors (Lipinski definition) is 1. The molecular formula is C18H10Cl2F3N5O3S. The molecule has 8 nitrogen and oxygen atoms in total. The van der Waals surface area contributed by atoms with Crippen LogP contribution in [0.5, 0.6) is 0 Å². The molecule has 0 aliphatic heterocycles. The largest absolute Gasteiger partial charge is 0.417 e. The monoisotopic (exact) mass is 503 g/mol. The highest BCUT2D eigenvalue weighted by molar-refractivity contribution is 7.95. The minimum atomic E-state index is -4.58. The van der Waals surface area contributed by atoms with Gasteiger partial charge in [0.25, 0.3) is 15.9 Å². The number of pyridine rings is 1. The van der Waals surface area contributed by atoms with E-state index >= 15 is 0 Å². The number of anilines is 1. The number of fused-ring (bicyclic) bond motifs is 1. The molecule has 0 aliphatic carbocycles. The zero-order chi connectivity index (χ0) is 23.3. The van der Waals surface area contributed by atoms with Crippen LogP contribution in [0, 0.1) is 0 Å². The van der Waals surface area contributed by atoms with Crippen LogP contribution in [0.25, 0.3) is 28.6 Å². The Labute approximate surface area is 188 Å². The van der Waals surface area contributed by atoms with Gasteiger partial charge in [-0.3, -0.25) is 4.72 Å². The highest BCUT2D eigenvalue weighted by Gasteiger charge is 2.32. The van der Waals surface area contributed by atoms with Crippen LogP contribution in [0.2, 0.25) is 10.0 Å². The number of rotatable bonds is 5. The Morgan fingerprint density at radius 3 is 2.53 bits per heavy atom. The van der Waals surface area contributed by atoms with Crippen molar-refractivity contribution in [2.45, 2.75) is 6.18 Å². The van der Waals surface area contributed by atoms with E-state index in [1.807, 2.05) is 0 Å². The van der Waals surface area contributed by atoms with E-state index < -0.39 is 21.8 Å². The fraction of sp³-hybridized carbons (Fsp3) is 0.0556. The number of alkyl halides is 3. The summed E-state index contributed by atoms with van der Waals surface area (Å²) in [6.07, 6.45) is -2.47. The third-order valence-corrected chi connectivity index (χ3v) is 5.72. The zero-order valence-corrected chi connectivity index (χ0v) is 17.9. The number of nitrogens with zero attached hydrogens (tertiary/aromatic N) is 4. The van der Waals surface area contributed by atoms with Gasteiger partial charge in [0.1, 0.15) is 5.69 Å². The molecule has 32 heavy (non-hydrogen) atoms. The maximum atomic E-state index is 13.0. The smallest absolute Gasteiger partial charge is 0.332 e. The quantitative estimate of drug-likeness (QED) is 0.398. The van der Waals surface area contributed by atoms with E-state index in [1.165, 1.54) is 24.4 Å². The Kier molecular flexibility index (Phi) is 5.39. The molecule has 3 aromatic heterocycles. The molecule has 0 aliphatic rings. The molecule has 0 fully saturated rings. The normalized spacial score (nSPS) is 12.3. The number of halogens is 5. The van der Waals surface area contributed by atoms with Gasteiger partial charge in [0, 0.05) is 23.4 Å². The molecule has 0 unspecified atom stereocenters. The maximum absolute atomic E-state index is 13.0. The van der Waals surface area contributed by atoms with Crippen molar-refractivity contribution in [1.82, 2.24) is 19.5 Å². The van der Waals surface area contributed by atoms with E-state index in [2.05, 4.69) is 26.4 Å². The molecule has 166 valence electrons. The van der Waals surface area contributed by atoms with Gasteiger partial charge in [0.05, 0.1) is 21.3 Å². The second kappa shape index (κ2) is 7.80. The summed E-state index contributed by atoms with van der Waals surface area (Å²) in [5.41, 5.74) is -0.255. The van der Waals surface area contributed by atoms with Crippen molar-refractivity contribution in [1.29, 1.82) is 0 Å². The highest BCUT2D eigenvalue weighted by Crippen LogP contribution is 2.34. The fourth-order valence-electron chi connectivity index (χ4n) is 2.72. The molecule has 1 aromatic carbocycles. The number of imidazole rings is 1. The number of sulfonamides is 1. The predicted molar refractivity (Wildman–Crippen MR) is 112 cm³/mol. The number of nitrogens with one attached hydrogen (secondary N) is 1. The van der Waals surface area contributed by atoms with Crippen LogP contribution in [-0.2, 0) is 16.2 Å². The van der Waals surface area contributed by atoms with Crippen molar-refractivity contribution >= 4 is 44.6 Å². The lowest BCUT2D eigenvalue weighted by atomic mass is 10.2. The van der Waals surface area contributed by atoms with E-state index in [4.69, 9.17) is 27.7 Å². The molecule has 4 aromatic rings. The molecular weight excluding hydrogens is 494 g/mol. The molecule has 0 amide bonds. The first-order valence-corrected chi connectivity index (χ1v) is 10.8. The van der Waals surface area contributed by atoms with Gasteiger partial charge in [0.15, 0.2) is 5.65 Å². The zero-order valence-electron chi connectivity index (χ0n) is 15.6. The molecule has 0 saturated heterocycles. The summed E-state index contributed by atoms with van der Waals surface area (Å²) in [5, 5.41) is 4.47. The van der Waals surface area contributed by atoms with Crippen molar-refractivity contribution in [3.63, 3.8) is 0 Å². The Bertz CT molecular complexity index is 1460. The lowest BCUT2D eigenvalue weighted by molar-refractivity contribution is -0.137. The van der Waals surface area contributed by atoms with Gasteiger partial charge in [-0.15, -0.1) is 0 Å². The molecule has 14 heteroatoms. The highest BCUT2D eigenvalue weighted by atomic mass is 35.5. The van der Waals surface area contributed by atoms with Crippen LogP contribution >= 0.6 is 23.2 Å². The first-order valence-electron chi connectivity index (χ1n) is 8.51. The molecule has 0 atom stereocenters. The van der Waals surface area contributed by atoms with Gasteiger partial charge < -0.3 is 8.92 Å². The van der Waals surface area contributed by atoms with Crippen LogP contribution in [0.4, 0.5) is 18.9 Å². The Hall–Kier alpha value is -3.09. The molecule has 3 heterocycles. The second-order valence-corrected chi connectivity index (χ2v) is 8.80. The van der Waals surface area contributed by atoms with E-state index in [9.17, 15) is 21.6 Å². The van der Waals surface area contributed by atoms with Crippen LogP contribution in [0.3, 0.4) is 0 Å². The molecule has 0 saturated carbocycles. The van der Waals surface area contributed by atoms with Gasteiger partial charge in [0.2, 0.25) is 5.82 Å². The lowest BCUT2D eigenvalue weighted by Crippen LogP contribution is -2.08. The maximum Gasteiger partial charge on any atom is 0.417 e. The molecule has 0 radical (unpaired) electrons. The standard InChI is InChI=1S/C18H10Cl2F3N5O3S/c1-2-32(29,30)27-10-3-4-11(12(19)6-10)15-25-17(31-26-15)14-8-28-7-9(18(21,22)23)5-13(20)16(28)24-14/h2-8,27H,1H2. The number of hydrogen-bond acceptors (Lipinski definition) is 6. The van der Waals surface area contributed by atoms with Gasteiger partial charge in [-0.1, -0.05) is 34.9 Å². The van der Waals surface area contributed by atoms with Gasteiger partial charge in [-0.05, 0) is 24.3 Å². The summed E-state index contributed by atoms with van der Waals surface area (Å²) in [4.78, 5) is 8.32. The summed E-state index contributed by atoms with van der Waals surface area (Å²) in [6, 6.07) is 5.02. The van der Waals surface area contributed by atoms with Gasteiger partial charge in [-0.2, -0.15) is 18.2 Å². The van der Waals surface area contributed by atoms with Crippen LogP contribution in [0.1, 0.15) is 5.56 Å². The summed E-state index contributed by atoms with van der Waals surface area (Å²) in [7, 11) is -3.71. The third-order valence-electron chi connectivity index (χ3n) is 4.17. The van der Waals surface area contributed by atoms with E-state index in [0.717, 1.165) is 22.1 Å². The topological polar surface area (TPSA) is 102 Å². The first kappa shape index (κ1) is 22.1. The summed E-state index contributed by atoms with van der Waals surface area (Å²) >= 11 is 12.2. The van der Waals surface area contributed by atoms with Gasteiger partial charge >= 0.3 is 6.18 Å². The molecule has 0 spiro atoms. The number of aromatic nitrogens is 4. The average molecular weight is 504 g/mol. The molecule has 4 rings (SSSR count). The Balaban J connectivity index is 1.68. The van der Waals surface area contributed by atoms with Crippen molar-refractivity contribution < 1.29 is 26.1 Å². The fourth-order valence-corrected chi connectivity index (χ4v) is 3.78. The second-order valence-electron chi connectivity index (χ2n) is 6.36. The third kappa shape index (κ3) is 4.29. The average Bonchev–Trinajstić information content (AvgIpc) is 3.34. The van der Waals surface area contributed by atoms with Crippen LogP contribution in [-0.4, -0.2) is 27.9 Å². The van der Waals surface area contributed by atoms with E-state index in [-0.39, 0.29) is 38.8 Å². The van der Waals surface area contributed by atoms with Crippen molar-refractivity contribution in [2.75, 3.05) is 4.72 Å². The van der Waals surface area contributed by atoms with E-state index in [0.29, 0.717) is 5.56 Å². The number of benzene rings is 1. The summed E-state index contributed by atoms with van der Waals surface area (Å²) in [6.45, 7) is 3.20. The summed E-state index contributed by atoms with van der Waals surface area (Å²) < 4.78 is 70.7. The lowest BCUT2D eigenvalue weighted by Gasteiger charge is -2.07. The van der Waals surface area contributed by atoms with Crippen LogP contribution in [0.15, 0.2) is 53.2 Å². The Morgan fingerprint density at radius 2 is 1.88 bits per heavy atom. The van der Waals surface area contributed by atoms with Crippen molar-refractivity contribution in [2.24, 2.45) is 0 Å². The minimum Gasteiger partial charge on any atom is -0.332 e. The van der Waals surface area contributed by atoms with Gasteiger partial charge in [-0.25, -0.2) is 13.4 Å². The summed E-state index contributed by atoms with van der Waals surface area (Å²) in [5.74, 6) is -0.0249.